The van der Waals surface area contributed by atoms with Crippen molar-refractivity contribution in [3.63, 3.8) is 0 Å². The average Bonchev–Trinajstić information content (AvgIpc) is 3.13. The van der Waals surface area contributed by atoms with E-state index < -0.39 is 0 Å². The third-order valence-electron chi connectivity index (χ3n) is 4.50. The molecule has 0 unspecified atom stereocenters. The minimum Gasteiger partial charge on any atom is -0.484 e. The number of nitrogens with zero attached hydrogens (tertiary/aromatic N) is 2. The number of anilines is 1. The monoisotopic (exact) mass is 459 g/mol. The lowest BCUT2D eigenvalue weighted by Gasteiger charge is -2.21. The number of aromatic nitrogens is 2. The highest BCUT2D eigenvalue weighted by Gasteiger charge is 2.16. The molecule has 0 atom stereocenters. The Kier molecular flexibility index (Phi) is 6.92. The zero-order chi connectivity index (χ0) is 20.9. The van der Waals surface area contributed by atoms with Gasteiger partial charge in [-0.05, 0) is 60.7 Å². The first kappa shape index (κ1) is 21.2. The number of ether oxygens (including phenoxy) is 1. The number of carbonyl (C=O) groups is 1. The summed E-state index contributed by atoms with van der Waals surface area (Å²) >= 11 is 10.1. The Morgan fingerprint density at radius 3 is 2.70 bits per heavy atom. The molecule has 1 aliphatic rings. The topological polar surface area (TPSA) is 56.1 Å². The SMILES string of the molecule is Cc1cc(NC(=O)COc2ccc(C3SCCCS3)cc2)n(-c2cccc(Cl)c2)n1. The highest BCUT2D eigenvalue weighted by Crippen LogP contribution is 2.43. The summed E-state index contributed by atoms with van der Waals surface area (Å²) in [6, 6.07) is 17.2. The summed E-state index contributed by atoms with van der Waals surface area (Å²) in [6.45, 7) is 1.80. The number of halogens is 1. The van der Waals surface area contributed by atoms with Gasteiger partial charge in [0.05, 0.1) is 16.0 Å². The van der Waals surface area contributed by atoms with Crippen LogP contribution < -0.4 is 10.1 Å². The van der Waals surface area contributed by atoms with E-state index in [-0.39, 0.29) is 12.5 Å². The molecule has 4 rings (SSSR count). The number of nitrogens with one attached hydrogen (secondary N) is 1. The summed E-state index contributed by atoms with van der Waals surface area (Å²) in [5.41, 5.74) is 2.86. The maximum Gasteiger partial charge on any atom is 0.263 e. The molecule has 2 heterocycles. The largest absolute Gasteiger partial charge is 0.484 e. The quantitative estimate of drug-likeness (QED) is 0.510. The van der Waals surface area contributed by atoms with Crippen molar-refractivity contribution in [3.8, 4) is 11.4 Å². The van der Waals surface area contributed by atoms with E-state index >= 15 is 0 Å². The summed E-state index contributed by atoms with van der Waals surface area (Å²) in [4.78, 5) is 12.4. The van der Waals surface area contributed by atoms with E-state index in [9.17, 15) is 4.79 Å². The van der Waals surface area contributed by atoms with Crippen LogP contribution in [0.5, 0.6) is 5.75 Å². The predicted octanol–water partition coefficient (Wildman–Crippen LogP) is 5.72. The van der Waals surface area contributed by atoms with Crippen molar-refractivity contribution in [2.75, 3.05) is 23.4 Å². The Morgan fingerprint density at radius 2 is 1.97 bits per heavy atom. The molecule has 1 aromatic heterocycles. The molecule has 0 radical (unpaired) electrons. The molecule has 5 nitrogen and oxygen atoms in total. The van der Waals surface area contributed by atoms with Gasteiger partial charge in [0.2, 0.25) is 0 Å². The van der Waals surface area contributed by atoms with Gasteiger partial charge >= 0.3 is 0 Å². The lowest BCUT2D eigenvalue weighted by Crippen LogP contribution is -2.21. The van der Waals surface area contributed by atoms with Gasteiger partial charge in [-0.3, -0.25) is 4.79 Å². The maximum atomic E-state index is 12.4. The molecule has 1 fully saturated rings. The Bertz CT molecular complexity index is 1020. The second-order valence-corrected chi connectivity index (χ2v) is 10.1. The van der Waals surface area contributed by atoms with Gasteiger partial charge < -0.3 is 10.1 Å². The highest BCUT2D eigenvalue weighted by atomic mass is 35.5. The van der Waals surface area contributed by atoms with Gasteiger partial charge in [-0.25, -0.2) is 4.68 Å². The standard InChI is InChI=1S/C22H22ClN3O2S2/c1-15-12-20(26(25-15)18-5-2-4-17(23)13-18)24-21(27)14-28-19-8-6-16(7-9-19)22-29-10-3-11-30-22/h2,4-9,12-13,22H,3,10-11,14H2,1H3,(H,24,27). The second kappa shape index (κ2) is 9.81. The second-order valence-electron chi connectivity index (χ2n) is 6.90. The van der Waals surface area contributed by atoms with Crippen LogP contribution in [-0.4, -0.2) is 33.8 Å². The average molecular weight is 460 g/mol. The third-order valence-corrected chi connectivity index (χ3v) is 7.75. The molecule has 0 bridgehead atoms. The first-order valence-electron chi connectivity index (χ1n) is 9.67. The number of amides is 1. The van der Waals surface area contributed by atoms with Gasteiger partial charge in [0, 0.05) is 11.1 Å². The molecule has 0 saturated carbocycles. The molecule has 2 aromatic carbocycles. The molecule has 30 heavy (non-hydrogen) atoms. The van der Waals surface area contributed by atoms with Crippen LogP contribution in [0.2, 0.25) is 5.02 Å². The molecule has 156 valence electrons. The summed E-state index contributed by atoms with van der Waals surface area (Å²) in [5, 5.41) is 7.92. The van der Waals surface area contributed by atoms with Crippen molar-refractivity contribution < 1.29 is 9.53 Å². The molecule has 0 aliphatic carbocycles. The van der Waals surface area contributed by atoms with Gasteiger partial charge in [0.1, 0.15) is 11.6 Å². The van der Waals surface area contributed by atoms with E-state index in [1.54, 1.807) is 16.8 Å². The van der Waals surface area contributed by atoms with Crippen molar-refractivity contribution in [2.45, 2.75) is 17.9 Å². The Labute approximate surface area is 189 Å². The van der Waals surface area contributed by atoms with E-state index in [4.69, 9.17) is 16.3 Å². The number of hydrogen-bond acceptors (Lipinski definition) is 5. The van der Waals surface area contributed by atoms with E-state index in [0.29, 0.717) is 21.2 Å². The molecular weight excluding hydrogens is 438 g/mol. The van der Waals surface area contributed by atoms with E-state index in [1.807, 2.05) is 60.8 Å². The van der Waals surface area contributed by atoms with Gasteiger partial charge in [-0.2, -0.15) is 5.10 Å². The van der Waals surface area contributed by atoms with Crippen LogP contribution in [0.15, 0.2) is 54.6 Å². The minimum atomic E-state index is -0.249. The van der Waals surface area contributed by atoms with Crippen LogP contribution in [0.4, 0.5) is 5.82 Å². The molecular formula is C22H22ClN3O2S2. The predicted molar refractivity (Wildman–Crippen MR) is 126 cm³/mol. The molecule has 0 spiro atoms. The van der Waals surface area contributed by atoms with Crippen LogP contribution in [0.25, 0.3) is 5.69 Å². The van der Waals surface area contributed by atoms with E-state index in [2.05, 4.69) is 22.5 Å². The lowest BCUT2D eigenvalue weighted by atomic mass is 10.2. The number of hydrogen-bond donors (Lipinski definition) is 1. The smallest absolute Gasteiger partial charge is 0.263 e. The summed E-state index contributed by atoms with van der Waals surface area (Å²) in [6.07, 6.45) is 1.28. The van der Waals surface area contributed by atoms with Gasteiger partial charge in [0.15, 0.2) is 6.61 Å². The number of rotatable bonds is 6. The summed E-state index contributed by atoms with van der Waals surface area (Å²) in [5.74, 6) is 3.42. The first-order chi connectivity index (χ1) is 14.6. The maximum absolute atomic E-state index is 12.4. The van der Waals surface area contributed by atoms with Crippen molar-refractivity contribution in [3.05, 3.63) is 70.9 Å². The summed E-state index contributed by atoms with van der Waals surface area (Å²) in [7, 11) is 0. The van der Waals surface area contributed by atoms with Crippen molar-refractivity contribution in [2.24, 2.45) is 0 Å². The Morgan fingerprint density at radius 1 is 1.20 bits per heavy atom. The fourth-order valence-corrected chi connectivity index (χ4v) is 6.20. The summed E-state index contributed by atoms with van der Waals surface area (Å²) < 4.78 is 7.83. The van der Waals surface area contributed by atoms with Gasteiger partial charge in [-0.1, -0.05) is 29.8 Å². The van der Waals surface area contributed by atoms with Crippen LogP contribution in [0.3, 0.4) is 0 Å². The molecule has 3 aromatic rings. The molecule has 1 aliphatic heterocycles. The van der Waals surface area contributed by atoms with E-state index in [0.717, 1.165) is 11.4 Å². The number of thioether (sulfide) groups is 2. The van der Waals surface area contributed by atoms with Crippen LogP contribution in [0.1, 0.15) is 22.3 Å². The molecule has 1 amide bonds. The highest BCUT2D eigenvalue weighted by molar-refractivity contribution is 8.16. The Hall–Kier alpha value is -2.09. The van der Waals surface area contributed by atoms with Crippen LogP contribution >= 0.6 is 35.1 Å². The van der Waals surface area contributed by atoms with Crippen molar-refractivity contribution in [1.82, 2.24) is 9.78 Å². The number of carbonyl (C=O) groups excluding carboxylic acids is 1. The minimum absolute atomic E-state index is 0.0773. The zero-order valence-corrected chi connectivity index (χ0v) is 18.9. The van der Waals surface area contributed by atoms with Gasteiger partial charge in [-0.15, -0.1) is 23.5 Å². The fraction of sp³-hybridized carbons (Fsp3) is 0.273. The fourth-order valence-electron chi connectivity index (χ4n) is 3.12. The number of benzene rings is 2. The van der Waals surface area contributed by atoms with Crippen LogP contribution in [0, 0.1) is 6.92 Å². The lowest BCUT2D eigenvalue weighted by molar-refractivity contribution is -0.118. The van der Waals surface area contributed by atoms with Gasteiger partial charge in [0.25, 0.3) is 5.91 Å². The Balaban J connectivity index is 1.36. The molecule has 1 saturated heterocycles. The van der Waals surface area contributed by atoms with Crippen molar-refractivity contribution >= 4 is 46.8 Å². The number of aryl methyl sites for hydroxylation is 1. The third kappa shape index (κ3) is 5.33. The molecule has 1 N–H and O–H groups in total. The molecule has 8 heteroatoms. The zero-order valence-electron chi connectivity index (χ0n) is 16.5. The van der Waals surface area contributed by atoms with Crippen LogP contribution in [-0.2, 0) is 4.79 Å². The first-order valence-corrected chi connectivity index (χ1v) is 12.1. The van der Waals surface area contributed by atoms with E-state index in [1.165, 1.54) is 23.5 Å². The van der Waals surface area contributed by atoms with Crippen molar-refractivity contribution in [1.29, 1.82) is 0 Å². The normalized spacial score (nSPS) is 14.5.